The first kappa shape index (κ1) is 20.0. The molecule has 0 aliphatic heterocycles. The van der Waals surface area contributed by atoms with Crippen LogP contribution in [0.3, 0.4) is 0 Å². The van der Waals surface area contributed by atoms with E-state index < -0.39 is 0 Å². The predicted octanol–water partition coefficient (Wildman–Crippen LogP) is 3.59. The van der Waals surface area contributed by atoms with Gasteiger partial charge in [-0.1, -0.05) is 17.3 Å². The van der Waals surface area contributed by atoms with Crippen LogP contribution in [-0.2, 0) is 4.84 Å². The minimum absolute atomic E-state index is 0.592. The van der Waals surface area contributed by atoms with Crippen molar-refractivity contribution in [3.05, 3.63) is 35.4 Å². The van der Waals surface area contributed by atoms with Gasteiger partial charge in [0.1, 0.15) is 25.2 Å². The molecule has 0 bridgehead atoms. The molecule has 0 aliphatic rings. The summed E-state index contributed by atoms with van der Waals surface area (Å²) in [6.07, 6.45) is 6.68. The van der Waals surface area contributed by atoms with Crippen molar-refractivity contribution in [2.75, 3.05) is 40.5 Å². The zero-order valence-electron chi connectivity index (χ0n) is 15.5. The van der Waals surface area contributed by atoms with Gasteiger partial charge in [0.25, 0.3) is 0 Å². The molecule has 0 radical (unpaired) electrons. The molecule has 0 unspecified atom stereocenters. The summed E-state index contributed by atoms with van der Waals surface area (Å²) >= 11 is 0. The van der Waals surface area contributed by atoms with E-state index in [2.05, 4.69) is 35.8 Å². The smallest absolute Gasteiger partial charge is 0.125 e. The molecule has 5 nitrogen and oxygen atoms in total. The van der Waals surface area contributed by atoms with Crippen molar-refractivity contribution in [3.8, 4) is 11.5 Å². The third-order valence-corrected chi connectivity index (χ3v) is 3.52. The standard InChI is InChI=1S/C19H30N2O3/c1-6-7-12-23-18-14-16(2)19(17(3)15-18)24-13-8-10-21(4)11-9-20-22-5/h6-7,9,14-15H,8,10-13H2,1-5H3/b7-6+,20-9+. The first-order valence-corrected chi connectivity index (χ1v) is 8.30. The maximum atomic E-state index is 5.97. The van der Waals surface area contributed by atoms with Gasteiger partial charge in [0.15, 0.2) is 0 Å². The fourth-order valence-electron chi connectivity index (χ4n) is 2.31. The summed E-state index contributed by atoms with van der Waals surface area (Å²) in [5, 5.41) is 3.73. The van der Waals surface area contributed by atoms with Crippen LogP contribution in [-0.4, -0.2) is 51.6 Å². The van der Waals surface area contributed by atoms with Crippen molar-refractivity contribution in [2.24, 2.45) is 5.16 Å². The molecule has 0 aliphatic carbocycles. The molecule has 0 heterocycles. The van der Waals surface area contributed by atoms with Crippen molar-refractivity contribution in [1.29, 1.82) is 0 Å². The van der Waals surface area contributed by atoms with E-state index in [0.717, 1.165) is 42.1 Å². The average Bonchev–Trinajstić information content (AvgIpc) is 2.54. The van der Waals surface area contributed by atoms with E-state index in [4.69, 9.17) is 9.47 Å². The molecule has 0 saturated heterocycles. The highest BCUT2D eigenvalue weighted by Gasteiger charge is 2.07. The second-order valence-corrected chi connectivity index (χ2v) is 5.70. The lowest BCUT2D eigenvalue weighted by molar-refractivity contribution is 0.212. The van der Waals surface area contributed by atoms with Crippen LogP contribution in [0.2, 0.25) is 0 Å². The van der Waals surface area contributed by atoms with Gasteiger partial charge in [-0.25, -0.2) is 0 Å². The number of nitrogens with zero attached hydrogens (tertiary/aromatic N) is 2. The maximum Gasteiger partial charge on any atom is 0.125 e. The highest BCUT2D eigenvalue weighted by Crippen LogP contribution is 2.28. The van der Waals surface area contributed by atoms with Crippen LogP contribution in [0.25, 0.3) is 0 Å². The Morgan fingerprint density at radius 3 is 2.50 bits per heavy atom. The van der Waals surface area contributed by atoms with Gasteiger partial charge in [0, 0.05) is 13.1 Å². The summed E-state index contributed by atoms with van der Waals surface area (Å²) in [5.74, 6) is 1.84. The molecule has 0 N–H and O–H groups in total. The monoisotopic (exact) mass is 334 g/mol. The number of aryl methyl sites for hydroxylation is 2. The van der Waals surface area contributed by atoms with Gasteiger partial charge in [0.05, 0.1) is 12.8 Å². The number of allylic oxidation sites excluding steroid dienone is 1. The van der Waals surface area contributed by atoms with Crippen molar-refractivity contribution in [2.45, 2.75) is 27.2 Å². The van der Waals surface area contributed by atoms with E-state index in [1.807, 2.05) is 31.2 Å². The minimum Gasteiger partial charge on any atom is -0.493 e. The first-order valence-electron chi connectivity index (χ1n) is 8.30. The Kier molecular flexibility index (Phi) is 9.61. The van der Waals surface area contributed by atoms with Crippen LogP contribution >= 0.6 is 0 Å². The molecule has 0 saturated carbocycles. The summed E-state index contributed by atoms with van der Waals surface area (Å²) in [7, 11) is 3.60. The SMILES string of the molecule is C/C=C/COc1cc(C)c(OCCCN(C)C/C=N/OC)c(C)c1. The minimum atomic E-state index is 0.592. The Hall–Kier alpha value is -2.01. The Morgan fingerprint density at radius 2 is 1.88 bits per heavy atom. The molecular weight excluding hydrogens is 304 g/mol. The summed E-state index contributed by atoms with van der Waals surface area (Å²) < 4.78 is 11.7. The number of ether oxygens (including phenoxy) is 2. The zero-order valence-corrected chi connectivity index (χ0v) is 15.5. The van der Waals surface area contributed by atoms with E-state index in [1.165, 1.54) is 0 Å². The molecule has 1 aromatic rings. The molecule has 0 fully saturated rings. The number of benzene rings is 1. The molecule has 0 atom stereocenters. The van der Waals surface area contributed by atoms with Gasteiger partial charge in [-0.15, -0.1) is 0 Å². The largest absolute Gasteiger partial charge is 0.493 e. The van der Waals surface area contributed by atoms with E-state index >= 15 is 0 Å². The van der Waals surface area contributed by atoms with Gasteiger partial charge in [-0.3, -0.25) is 0 Å². The van der Waals surface area contributed by atoms with E-state index in [1.54, 1.807) is 13.3 Å². The number of oxime groups is 1. The lowest BCUT2D eigenvalue weighted by Gasteiger charge is -2.16. The van der Waals surface area contributed by atoms with Crippen molar-refractivity contribution >= 4 is 6.21 Å². The van der Waals surface area contributed by atoms with Crippen LogP contribution in [0.1, 0.15) is 24.5 Å². The third-order valence-electron chi connectivity index (χ3n) is 3.52. The van der Waals surface area contributed by atoms with Gasteiger partial charge in [-0.05, 0) is 57.5 Å². The highest BCUT2D eigenvalue weighted by molar-refractivity contribution is 5.58. The van der Waals surface area contributed by atoms with Crippen LogP contribution < -0.4 is 9.47 Å². The summed E-state index contributed by atoms with van der Waals surface area (Å²) in [4.78, 5) is 6.82. The lowest BCUT2D eigenvalue weighted by atomic mass is 10.1. The Morgan fingerprint density at radius 1 is 1.17 bits per heavy atom. The first-order chi connectivity index (χ1) is 11.6. The molecule has 1 rings (SSSR count). The Balaban J connectivity index is 2.43. The van der Waals surface area contributed by atoms with E-state index in [-0.39, 0.29) is 0 Å². The Bertz CT molecular complexity index is 518. The molecule has 0 amide bonds. The Labute approximate surface area is 145 Å². The van der Waals surface area contributed by atoms with Gasteiger partial charge >= 0.3 is 0 Å². The molecule has 134 valence electrons. The van der Waals surface area contributed by atoms with Crippen molar-refractivity contribution in [1.82, 2.24) is 4.90 Å². The second kappa shape index (κ2) is 11.5. The maximum absolute atomic E-state index is 5.97. The summed E-state index contributed by atoms with van der Waals surface area (Å²) in [6, 6.07) is 4.05. The predicted molar refractivity (Wildman–Crippen MR) is 99.3 cm³/mol. The molecule has 0 spiro atoms. The van der Waals surface area contributed by atoms with Crippen LogP contribution in [0.5, 0.6) is 11.5 Å². The molecule has 1 aromatic carbocycles. The normalized spacial score (nSPS) is 11.6. The summed E-state index contributed by atoms with van der Waals surface area (Å²) in [6.45, 7) is 9.08. The van der Waals surface area contributed by atoms with Gasteiger partial charge in [-0.2, -0.15) is 0 Å². The summed E-state index contributed by atoms with van der Waals surface area (Å²) in [5.41, 5.74) is 2.21. The molecular formula is C19H30N2O3. The van der Waals surface area contributed by atoms with Crippen LogP contribution in [0, 0.1) is 13.8 Å². The zero-order chi connectivity index (χ0) is 17.8. The van der Waals surface area contributed by atoms with E-state index in [9.17, 15) is 0 Å². The van der Waals surface area contributed by atoms with Crippen molar-refractivity contribution in [3.63, 3.8) is 0 Å². The fraction of sp³-hybridized carbons (Fsp3) is 0.526. The average molecular weight is 334 g/mol. The van der Waals surface area contributed by atoms with Crippen LogP contribution in [0.15, 0.2) is 29.4 Å². The highest BCUT2D eigenvalue weighted by atomic mass is 16.6. The van der Waals surface area contributed by atoms with E-state index in [0.29, 0.717) is 13.2 Å². The number of hydrogen-bond acceptors (Lipinski definition) is 5. The topological polar surface area (TPSA) is 43.3 Å². The lowest BCUT2D eigenvalue weighted by Crippen LogP contribution is -2.23. The quantitative estimate of drug-likeness (QED) is 0.268. The third kappa shape index (κ3) is 7.51. The molecule has 0 aromatic heterocycles. The fourth-order valence-corrected chi connectivity index (χ4v) is 2.31. The van der Waals surface area contributed by atoms with Gasteiger partial charge < -0.3 is 19.2 Å². The number of hydrogen-bond donors (Lipinski definition) is 0. The second-order valence-electron chi connectivity index (χ2n) is 5.70. The van der Waals surface area contributed by atoms with Gasteiger partial charge in [0.2, 0.25) is 0 Å². The molecule has 24 heavy (non-hydrogen) atoms. The number of rotatable bonds is 11. The molecule has 5 heteroatoms. The van der Waals surface area contributed by atoms with Crippen molar-refractivity contribution < 1.29 is 14.3 Å². The van der Waals surface area contributed by atoms with Crippen LogP contribution in [0.4, 0.5) is 0 Å².